The lowest BCUT2D eigenvalue weighted by Crippen LogP contribution is -2.13. The highest BCUT2D eigenvalue weighted by Crippen LogP contribution is 2.39. The molecular formula is C38H47F3. The molecule has 0 aliphatic heterocycles. The zero-order chi connectivity index (χ0) is 29.0. The topological polar surface area (TPSA) is 0 Å². The lowest BCUT2D eigenvalue weighted by molar-refractivity contribution is 0.311. The summed E-state index contributed by atoms with van der Waals surface area (Å²) in [5.74, 6) is -0.601. The Kier molecular flexibility index (Phi) is 12.1. The van der Waals surface area contributed by atoms with Crippen molar-refractivity contribution in [1.82, 2.24) is 0 Å². The molecule has 4 rings (SSSR count). The van der Waals surface area contributed by atoms with Crippen LogP contribution in [-0.2, 0) is 6.42 Å². The molecule has 0 atom stereocenters. The van der Waals surface area contributed by atoms with E-state index >= 15 is 8.78 Å². The number of hydrogen-bond donors (Lipinski definition) is 0. The van der Waals surface area contributed by atoms with Crippen molar-refractivity contribution in [2.24, 2.45) is 5.92 Å². The van der Waals surface area contributed by atoms with Crippen LogP contribution < -0.4 is 0 Å². The Morgan fingerprint density at radius 3 is 1.95 bits per heavy atom. The number of halogens is 3. The Morgan fingerprint density at radius 2 is 1.32 bits per heavy atom. The lowest BCUT2D eigenvalue weighted by Gasteiger charge is -2.28. The molecule has 41 heavy (non-hydrogen) atoms. The van der Waals surface area contributed by atoms with Gasteiger partial charge in [-0.2, -0.15) is 0 Å². The van der Waals surface area contributed by atoms with Gasteiger partial charge in [0.25, 0.3) is 0 Å². The highest BCUT2D eigenvalue weighted by atomic mass is 19.2. The molecule has 1 saturated carbocycles. The minimum absolute atomic E-state index is 0.230. The van der Waals surface area contributed by atoms with E-state index in [1.807, 2.05) is 12.1 Å². The second kappa shape index (κ2) is 16.0. The van der Waals surface area contributed by atoms with E-state index in [1.54, 1.807) is 42.5 Å². The summed E-state index contributed by atoms with van der Waals surface area (Å²) in [6, 6.07) is 16.1. The normalized spacial score (nSPS) is 17.1. The number of hydrogen-bond acceptors (Lipinski definition) is 0. The molecule has 0 nitrogen and oxygen atoms in total. The van der Waals surface area contributed by atoms with Gasteiger partial charge in [0.15, 0.2) is 11.6 Å². The van der Waals surface area contributed by atoms with Gasteiger partial charge in [0.2, 0.25) is 0 Å². The number of aryl methyl sites for hydroxylation is 1. The zero-order valence-electron chi connectivity index (χ0n) is 24.9. The smallest absolute Gasteiger partial charge is 0.166 e. The molecule has 0 aromatic heterocycles. The van der Waals surface area contributed by atoms with Crippen LogP contribution in [0, 0.1) is 23.4 Å². The van der Waals surface area contributed by atoms with E-state index in [-0.39, 0.29) is 11.4 Å². The van der Waals surface area contributed by atoms with Crippen LogP contribution in [-0.4, -0.2) is 0 Å². The van der Waals surface area contributed by atoms with Gasteiger partial charge in [-0.3, -0.25) is 0 Å². The van der Waals surface area contributed by atoms with Crippen molar-refractivity contribution in [3.05, 3.63) is 95.8 Å². The van der Waals surface area contributed by atoms with Gasteiger partial charge >= 0.3 is 0 Å². The Hall–Kier alpha value is -2.81. The lowest BCUT2D eigenvalue weighted by atomic mass is 9.77. The Labute approximate surface area is 246 Å². The van der Waals surface area contributed by atoms with E-state index in [4.69, 9.17) is 0 Å². The Bertz CT molecular complexity index is 1240. The molecule has 0 bridgehead atoms. The fourth-order valence-electron chi connectivity index (χ4n) is 6.44. The second-order valence-electron chi connectivity index (χ2n) is 12.0. The van der Waals surface area contributed by atoms with Crippen LogP contribution in [0.3, 0.4) is 0 Å². The summed E-state index contributed by atoms with van der Waals surface area (Å²) < 4.78 is 45.2. The largest absolute Gasteiger partial charge is 0.206 e. The fraction of sp³-hybridized carbons (Fsp3) is 0.474. The molecule has 0 amide bonds. The first-order valence-corrected chi connectivity index (χ1v) is 16.0. The molecule has 3 heteroatoms. The summed E-state index contributed by atoms with van der Waals surface area (Å²) in [5.41, 5.74) is 3.63. The van der Waals surface area contributed by atoms with Crippen molar-refractivity contribution in [3.8, 4) is 22.3 Å². The van der Waals surface area contributed by atoms with Crippen molar-refractivity contribution < 1.29 is 13.2 Å². The van der Waals surface area contributed by atoms with Crippen LogP contribution >= 0.6 is 0 Å². The highest BCUT2D eigenvalue weighted by molar-refractivity contribution is 5.71. The number of allylic oxidation sites excluding steroid dienone is 1. The quantitative estimate of drug-likeness (QED) is 0.128. The number of unbranched alkanes of at least 4 members (excludes halogenated alkanes) is 7. The summed E-state index contributed by atoms with van der Waals surface area (Å²) >= 11 is 0. The van der Waals surface area contributed by atoms with Gasteiger partial charge in [-0.1, -0.05) is 106 Å². The van der Waals surface area contributed by atoms with Gasteiger partial charge < -0.3 is 0 Å². The molecule has 1 aliphatic carbocycles. The van der Waals surface area contributed by atoms with Crippen molar-refractivity contribution >= 4 is 0 Å². The van der Waals surface area contributed by atoms with E-state index in [9.17, 15) is 4.39 Å². The SMILES string of the molecule is C=CCCC1CCC(c2ccc(-c3ccc(-c4ccc(CCCCCCCCCC)c(F)c4F)cc3)c(F)c2)CC1. The van der Waals surface area contributed by atoms with Gasteiger partial charge in [-0.05, 0) is 91.5 Å². The van der Waals surface area contributed by atoms with Crippen molar-refractivity contribution in [2.75, 3.05) is 0 Å². The summed E-state index contributed by atoms with van der Waals surface area (Å²) in [7, 11) is 0. The molecule has 0 heterocycles. The van der Waals surface area contributed by atoms with Gasteiger partial charge in [-0.25, -0.2) is 13.2 Å². The van der Waals surface area contributed by atoms with Crippen LogP contribution in [0.1, 0.15) is 114 Å². The maximum Gasteiger partial charge on any atom is 0.166 e. The Morgan fingerprint density at radius 1 is 0.707 bits per heavy atom. The van der Waals surface area contributed by atoms with Gasteiger partial charge in [0.05, 0.1) is 0 Å². The average molecular weight is 561 g/mol. The van der Waals surface area contributed by atoms with E-state index in [0.717, 1.165) is 55.6 Å². The highest BCUT2D eigenvalue weighted by Gasteiger charge is 2.23. The molecule has 0 radical (unpaired) electrons. The zero-order valence-corrected chi connectivity index (χ0v) is 24.9. The molecule has 1 fully saturated rings. The van der Waals surface area contributed by atoms with Crippen molar-refractivity contribution in [3.63, 3.8) is 0 Å². The molecule has 1 aliphatic rings. The molecule has 0 saturated heterocycles. The predicted molar refractivity (Wildman–Crippen MR) is 168 cm³/mol. The second-order valence-corrected chi connectivity index (χ2v) is 12.0. The van der Waals surface area contributed by atoms with Crippen LogP contribution in [0.25, 0.3) is 22.3 Å². The molecule has 0 N–H and O–H groups in total. The summed E-state index contributed by atoms with van der Waals surface area (Å²) in [6.07, 6.45) is 18.8. The van der Waals surface area contributed by atoms with Gasteiger partial charge in [0.1, 0.15) is 5.82 Å². The van der Waals surface area contributed by atoms with Crippen molar-refractivity contribution in [2.45, 2.75) is 109 Å². The van der Waals surface area contributed by atoms with Crippen LogP contribution in [0.5, 0.6) is 0 Å². The standard InChI is InChI=1S/C38H47F3/c1-3-5-7-8-9-10-11-12-14-32-23-26-35(38(41)37(32)40)31-21-19-30(20-22-31)34-25-24-33(27-36(34)39)29-17-15-28(16-18-29)13-6-4-2/h4,19-29H,2-3,5-18H2,1H3. The summed E-state index contributed by atoms with van der Waals surface area (Å²) in [4.78, 5) is 0. The molecule has 220 valence electrons. The maximum absolute atomic E-state index is 15.2. The molecule has 3 aromatic rings. The van der Waals surface area contributed by atoms with E-state index in [2.05, 4.69) is 19.6 Å². The summed E-state index contributed by atoms with van der Waals surface area (Å²) in [5, 5.41) is 0. The number of benzene rings is 3. The van der Waals surface area contributed by atoms with E-state index in [1.165, 1.54) is 51.4 Å². The third-order valence-corrected chi connectivity index (χ3v) is 9.06. The van der Waals surface area contributed by atoms with Crippen molar-refractivity contribution in [1.29, 1.82) is 0 Å². The fourth-order valence-corrected chi connectivity index (χ4v) is 6.44. The van der Waals surface area contributed by atoms with E-state index < -0.39 is 11.6 Å². The average Bonchev–Trinajstić information content (AvgIpc) is 3.00. The Balaban J connectivity index is 1.34. The van der Waals surface area contributed by atoms with Gasteiger partial charge in [-0.15, -0.1) is 6.58 Å². The minimum atomic E-state index is -0.801. The molecule has 0 spiro atoms. The first kappa shape index (κ1) is 31.1. The van der Waals surface area contributed by atoms with Crippen LogP contribution in [0.2, 0.25) is 0 Å². The van der Waals surface area contributed by atoms with E-state index in [0.29, 0.717) is 29.0 Å². The third kappa shape index (κ3) is 8.60. The first-order valence-electron chi connectivity index (χ1n) is 16.0. The molecule has 3 aromatic carbocycles. The summed E-state index contributed by atoms with van der Waals surface area (Å²) in [6.45, 7) is 6.04. The monoisotopic (exact) mass is 560 g/mol. The predicted octanol–water partition coefficient (Wildman–Crippen LogP) is 12.4. The molecular weight excluding hydrogens is 513 g/mol. The van der Waals surface area contributed by atoms with Crippen LogP contribution in [0.15, 0.2) is 67.3 Å². The minimum Gasteiger partial charge on any atom is -0.206 e. The molecule has 0 unspecified atom stereocenters. The maximum atomic E-state index is 15.2. The van der Waals surface area contributed by atoms with Crippen LogP contribution in [0.4, 0.5) is 13.2 Å². The first-order chi connectivity index (χ1) is 20.0. The van der Waals surface area contributed by atoms with Gasteiger partial charge in [0, 0.05) is 11.1 Å². The third-order valence-electron chi connectivity index (χ3n) is 9.06. The number of rotatable bonds is 15.